The summed E-state index contributed by atoms with van der Waals surface area (Å²) in [4.78, 5) is 41.3. The van der Waals surface area contributed by atoms with Gasteiger partial charge in [-0.3, -0.25) is 14.5 Å². The minimum atomic E-state index is -0.681. The van der Waals surface area contributed by atoms with Crippen molar-refractivity contribution in [3.8, 4) is 11.5 Å². The molecule has 3 heterocycles. The number of nitrogens with zero attached hydrogens (tertiary/aromatic N) is 2. The first kappa shape index (κ1) is 20.2. The van der Waals surface area contributed by atoms with Gasteiger partial charge in [0, 0.05) is 19.5 Å². The van der Waals surface area contributed by atoms with Crippen molar-refractivity contribution in [2.45, 2.75) is 62.9 Å². The predicted molar refractivity (Wildman–Crippen MR) is 112 cm³/mol. The third kappa shape index (κ3) is 3.62. The zero-order valence-electron chi connectivity index (χ0n) is 17.7. The molecule has 4 amide bonds. The van der Waals surface area contributed by atoms with Crippen LogP contribution in [0.1, 0.15) is 63.0 Å². The molecule has 0 aromatic heterocycles. The molecule has 3 aliphatic heterocycles. The molecule has 166 valence electrons. The lowest BCUT2D eigenvalue weighted by Gasteiger charge is -2.27. The van der Waals surface area contributed by atoms with Gasteiger partial charge in [-0.1, -0.05) is 18.9 Å². The fourth-order valence-electron chi connectivity index (χ4n) is 5.41. The van der Waals surface area contributed by atoms with Crippen LogP contribution in [-0.4, -0.2) is 59.5 Å². The largest absolute Gasteiger partial charge is 0.486 e. The number of ether oxygens (including phenoxy) is 2. The zero-order chi connectivity index (χ0) is 21.4. The SMILES string of the molecule is O=C1NC2(CCCC2)C(=O)N1CCCC(=O)N1CCC[C@@H]1c1ccc2c(c1)OCCO2. The van der Waals surface area contributed by atoms with Crippen LogP contribution in [0.5, 0.6) is 11.5 Å². The molecular weight excluding hydrogens is 398 g/mol. The van der Waals surface area contributed by atoms with Crippen LogP contribution in [0, 0.1) is 0 Å². The van der Waals surface area contributed by atoms with Crippen molar-refractivity contribution in [3.05, 3.63) is 23.8 Å². The number of hydrogen-bond donors (Lipinski definition) is 1. The monoisotopic (exact) mass is 427 g/mol. The topological polar surface area (TPSA) is 88.2 Å². The Morgan fingerprint density at radius 3 is 2.68 bits per heavy atom. The Morgan fingerprint density at radius 2 is 1.87 bits per heavy atom. The molecule has 2 saturated heterocycles. The molecule has 0 unspecified atom stereocenters. The van der Waals surface area contributed by atoms with E-state index in [4.69, 9.17) is 9.47 Å². The average molecular weight is 428 g/mol. The number of urea groups is 1. The number of carbonyl (C=O) groups is 3. The van der Waals surface area contributed by atoms with Crippen LogP contribution < -0.4 is 14.8 Å². The molecule has 0 radical (unpaired) electrons. The molecule has 1 aliphatic carbocycles. The summed E-state index contributed by atoms with van der Waals surface area (Å²) < 4.78 is 11.3. The van der Waals surface area contributed by atoms with Crippen LogP contribution in [0.2, 0.25) is 0 Å². The van der Waals surface area contributed by atoms with Crippen LogP contribution in [0.4, 0.5) is 4.79 Å². The number of likely N-dealkylation sites (tertiary alicyclic amines) is 1. The molecule has 4 aliphatic rings. The first-order valence-corrected chi connectivity index (χ1v) is 11.4. The molecular formula is C23H29N3O5. The van der Waals surface area contributed by atoms with Crippen molar-refractivity contribution in [1.82, 2.24) is 15.1 Å². The molecule has 1 aromatic carbocycles. The number of imide groups is 1. The zero-order valence-corrected chi connectivity index (χ0v) is 17.7. The molecule has 1 saturated carbocycles. The third-order valence-corrected chi connectivity index (χ3v) is 7.00. The molecule has 1 atom stereocenters. The van der Waals surface area contributed by atoms with Crippen LogP contribution in [-0.2, 0) is 9.59 Å². The first-order chi connectivity index (χ1) is 15.1. The highest BCUT2D eigenvalue weighted by Gasteiger charge is 2.52. The van der Waals surface area contributed by atoms with E-state index in [1.54, 1.807) is 0 Å². The number of nitrogens with one attached hydrogen (secondary N) is 1. The van der Waals surface area contributed by atoms with E-state index in [-0.39, 0.29) is 23.9 Å². The summed E-state index contributed by atoms with van der Waals surface area (Å²) >= 11 is 0. The van der Waals surface area contributed by atoms with Gasteiger partial charge in [-0.2, -0.15) is 0 Å². The van der Waals surface area contributed by atoms with Crippen molar-refractivity contribution in [1.29, 1.82) is 0 Å². The highest BCUT2D eigenvalue weighted by Crippen LogP contribution is 2.39. The summed E-state index contributed by atoms with van der Waals surface area (Å²) in [6.45, 7) is 2.11. The number of rotatable bonds is 5. The second kappa shape index (κ2) is 8.05. The summed E-state index contributed by atoms with van der Waals surface area (Å²) in [6.07, 6.45) is 6.06. The van der Waals surface area contributed by atoms with Gasteiger partial charge < -0.3 is 19.7 Å². The quantitative estimate of drug-likeness (QED) is 0.730. The van der Waals surface area contributed by atoms with Crippen molar-refractivity contribution in [2.24, 2.45) is 0 Å². The Kier molecular flexibility index (Phi) is 5.24. The minimum Gasteiger partial charge on any atom is -0.486 e. The van der Waals surface area contributed by atoms with Crippen LogP contribution >= 0.6 is 0 Å². The van der Waals surface area contributed by atoms with Gasteiger partial charge in [0.05, 0.1) is 6.04 Å². The maximum absolute atomic E-state index is 13.0. The van der Waals surface area contributed by atoms with Gasteiger partial charge in [0.15, 0.2) is 11.5 Å². The molecule has 1 N–H and O–H groups in total. The van der Waals surface area contributed by atoms with Gasteiger partial charge in [-0.25, -0.2) is 4.79 Å². The van der Waals surface area contributed by atoms with E-state index in [1.807, 2.05) is 23.1 Å². The van der Waals surface area contributed by atoms with E-state index in [1.165, 1.54) is 4.90 Å². The second-order valence-electron chi connectivity index (χ2n) is 8.93. The summed E-state index contributed by atoms with van der Waals surface area (Å²) in [6, 6.07) is 5.63. The number of amides is 4. The van der Waals surface area contributed by atoms with Gasteiger partial charge in [-0.05, 0) is 49.8 Å². The van der Waals surface area contributed by atoms with Crippen molar-refractivity contribution in [3.63, 3.8) is 0 Å². The van der Waals surface area contributed by atoms with Gasteiger partial charge in [-0.15, -0.1) is 0 Å². The van der Waals surface area contributed by atoms with Crippen molar-refractivity contribution < 1.29 is 23.9 Å². The molecule has 0 bridgehead atoms. The lowest BCUT2D eigenvalue weighted by atomic mass is 9.98. The molecule has 31 heavy (non-hydrogen) atoms. The van der Waals surface area contributed by atoms with E-state index in [2.05, 4.69) is 5.32 Å². The molecule has 8 heteroatoms. The third-order valence-electron chi connectivity index (χ3n) is 7.00. The maximum atomic E-state index is 13.0. The Balaban J connectivity index is 1.19. The minimum absolute atomic E-state index is 0.0294. The first-order valence-electron chi connectivity index (χ1n) is 11.4. The Hall–Kier alpha value is -2.77. The molecule has 8 nitrogen and oxygen atoms in total. The number of carbonyl (C=O) groups excluding carboxylic acids is 3. The maximum Gasteiger partial charge on any atom is 0.325 e. The smallest absolute Gasteiger partial charge is 0.325 e. The number of fused-ring (bicyclic) bond motifs is 1. The fourth-order valence-corrected chi connectivity index (χ4v) is 5.41. The van der Waals surface area contributed by atoms with Gasteiger partial charge in [0.1, 0.15) is 18.8 Å². The highest BCUT2D eigenvalue weighted by atomic mass is 16.6. The van der Waals surface area contributed by atoms with Gasteiger partial charge in [0.2, 0.25) is 5.91 Å². The van der Waals surface area contributed by atoms with Crippen LogP contribution in [0.25, 0.3) is 0 Å². The normalized spacial score (nSPS) is 24.2. The summed E-state index contributed by atoms with van der Waals surface area (Å²) in [5.74, 6) is 1.44. The van der Waals surface area contributed by atoms with E-state index in [0.717, 1.165) is 62.1 Å². The Labute approximate surface area is 181 Å². The van der Waals surface area contributed by atoms with E-state index in [9.17, 15) is 14.4 Å². The average Bonchev–Trinajstić information content (AvgIpc) is 3.50. The predicted octanol–water partition coefficient (Wildman–Crippen LogP) is 2.77. The Morgan fingerprint density at radius 1 is 1.10 bits per heavy atom. The molecule has 1 spiro atoms. The van der Waals surface area contributed by atoms with E-state index in [0.29, 0.717) is 32.6 Å². The lowest BCUT2D eigenvalue weighted by Crippen LogP contribution is -2.44. The fraction of sp³-hybridized carbons (Fsp3) is 0.609. The van der Waals surface area contributed by atoms with E-state index < -0.39 is 5.54 Å². The lowest BCUT2D eigenvalue weighted by molar-refractivity contribution is -0.134. The molecule has 3 fully saturated rings. The summed E-state index contributed by atoms with van der Waals surface area (Å²) in [5.41, 5.74) is 0.381. The molecule has 5 rings (SSSR count). The standard InChI is InChI=1S/C23H29N3O5/c27-20(6-4-12-26-21(28)23(24-22(26)29)9-1-2-10-23)25-11-3-5-17(25)16-7-8-18-19(15-16)31-14-13-30-18/h7-8,15,17H,1-6,9-14H2,(H,24,29)/t17-/m1/s1. The van der Waals surface area contributed by atoms with Gasteiger partial charge in [0.25, 0.3) is 5.91 Å². The summed E-state index contributed by atoms with van der Waals surface area (Å²) in [7, 11) is 0. The van der Waals surface area contributed by atoms with E-state index >= 15 is 0 Å². The summed E-state index contributed by atoms with van der Waals surface area (Å²) in [5, 5.41) is 2.90. The van der Waals surface area contributed by atoms with Crippen LogP contribution in [0.3, 0.4) is 0 Å². The van der Waals surface area contributed by atoms with Crippen molar-refractivity contribution >= 4 is 17.8 Å². The Bertz CT molecular complexity index is 895. The molecule has 1 aromatic rings. The number of hydrogen-bond acceptors (Lipinski definition) is 5. The highest BCUT2D eigenvalue weighted by molar-refractivity contribution is 6.07. The number of benzene rings is 1. The van der Waals surface area contributed by atoms with Gasteiger partial charge >= 0.3 is 6.03 Å². The van der Waals surface area contributed by atoms with Crippen LogP contribution in [0.15, 0.2) is 18.2 Å². The second-order valence-corrected chi connectivity index (χ2v) is 8.93. The van der Waals surface area contributed by atoms with Crippen molar-refractivity contribution in [2.75, 3.05) is 26.3 Å².